The number of anilines is 1. The molecule has 1 amide bonds. The van der Waals surface area contributed by atoms with Crippen molar-refractivity contribution in [1.82, 2.24) is 15.2 Å². The number of nitrogens with zero attached hydrogens (tertiary/aromatic N) is 3. The zero-order chi connectivity index (χ0) is 16.9. The summed E-state index contributed by atoms with van der Waals surface area (Å²) < 4.78 is 28.3. The van der Waals surface area contributed by atoms with Gasteiger partial charge in [0.1, 0.15) is 16.8 Å². The maximum absolute atomic E-state index is 12.1. The van der Waals surface area contributed by atoms with E-state index in [1.54, 1.807) is 18.2 Å². The molecule has 9 heteroatoms. The van der Waals surface area contributed by atoms with Gasteiger partial charge in [-0.25, -0.2) is 0 Å². The molecule has 0 saturated carbocycles. The van der Waals surface area contributed by atoms with Crippen LogP contribution in [-0.2, 0) is 4.79 Å². The molecule has 0 saturated heterocycles. The van der Waals surface area contributed by atoms with Crippen LogP contribution in [0.4, 0.5) is 14.5 Å². The number of ether oxygens (including phenoxy) is 1. The predicted molar refractivity (Wildman–Crippen MR) is 80.7 cm³/mol. The largest absolute Gasteiger partial charge is 0.435 e. The van der Waals surface area contributed by atoms with Gasteiger partial charge in [0.15, 0.2) is 6.61 Å². The molecule has 24 heavy (non-hydrogen) atoms. The highest BCUT2D eigenvalue weighted by Gasteiger charge is 2.09. The highest BCUT2D eigenvalue weighted by Crippen LogP contribution is 2.17. The van der Waals surface area contributed by atoms with Gasteiger partial charge in [0.2, 0.25) is 0 Å². The van der Waals surface area contributed by atoms with Crippen LogP contribution in [0.5, 0.6) is 5.75 Å². The molecule has 1 heterocycles. The molecule has 0 unspecified atom stereocenters. The fraction of sp³-hybridized carbons (Fsp3) is 0.133. The van der Waals surface area contributed by atoms with Crippen molar-refractivity contribution in [2.45, 2.75) is 6.61 Å². The van der Waals surface area contributed by atoms with E-state index in [-0.39, 0.29) is 12.4 Å². The maximum Gasteiger partial charge on any atom is 0.387 e. The third-order valence-corrected chi connectivity index (χ3v) is 3.00. The average molecular weight is 334 g/mol. The third-order valence-electron chi connectivity index (χ3n) is 3.00. The number of alkyl halides is 2. The van der Waals surface area contributed by atoms with Gasteiger partial charge in [0.05, 0.1) is 0 Å². The summed E-state index contributed by atoms with van der Waals surface area (Å²) in [4.78, 5) is 18.3. The van der Waals surface area contributed by atoms with Crippen LogP contribution < -0.4 is 14.9 Å². The summed E-state index contributed by atoms with van der Waals surface area (Å²) in [6.45, 7) is -3.18. The van der Waals surface area contributed by atoms with Gasteiger partial charge in [0, 0.05) is 5.69 Å². The number of halogens is 2. The van der Waals surface area contributed by atoms with E-state index >= 15 is 0 Å². The van der Waals surface area contributed by atoms with Crippen LogP contribution in [0.25, 0.3) is 11.0 Å². The average Bonchev–Trinajstić information content (AvgIpc) is 2.98. The topological polar surface area (TPSA) is 78.3 Å². The lowest BCUT2D eigenvalue weighted by molar-refractivity contribution is -0.121. The molecule has 124 valence electrons. The van der Waals surface area contributed by atoms with Crippen molar-refractivity contribution in [2.24, 2.45) is 0 Å². The molecule has 2 aromatic carbocycles. The number of hydrogen-bond donors (Lipinski definition) is 1. The van der Waals surface area contributed by atoms with Crippen molar-refractivity contribution >= 4 is 22.6 Å². The second-order valence-electron chi connectivity index (χ2n) is 4.68. The SMILES string of the molecule is O=C(COn1nnc2ccccc21)Nc1ccc(OC(F)F)cc1. The van der Waals surface area contributed by atoms with Crippen molar-refractivity contribution in [3.63, 3.8) is 0 Å². The molecular weight excluding hydrogens is 322 g/mol. The summed E-state index contributed by atoms with van der Waals surface area (Å²) in [6.07, 6.45) is 0. The first kappa shape index (κ1) is 15.7. The lowest BCUT2D eigenvalue weighted by Gasteiger charge is -2.08. The lowest BCUT2D eigenvalue weighted by atomic mass is 10.3. The molecule has 1 N–H and O–H groups in total. The number of aromatic nitrogens is 3. The van der Waals surface area contributed by atoms with Crippen LogP contribution >= 0.6 is 0 Å². The zero-order valence-corrected chi connectivity index (χ0v) is 12.2. The Hall–Kier alpha value is -3.23. The number of amides is 1. The summed E-state index contributed by atoms with van der Waals surface area (Å²) in [5.41, 5.74) is 1.71. The van der Waals surface area contributed by atoms with Crippen LogP contribution in [0.3, 0.4) is 0 Å². The predicted octanol–water partition coefficient (Wildman–Crippen LogP) is 2.10. The molecule has 0 radical (unpaired) electrons. The van der Waals surface area contributed by atoms with Gasteiger partial charge in [0.25, 0.3) is 5.91 Å². The van der Waals surface area contributed by atoms with Crippen LogP contribution in [0, 0.1) is 0 Å². The molecule has 0 bridgehead atoms. The Balaban J connectivity index is 1.56. The lowest BCUT2D eigenvalue weighted by Crippen LogP contribution is -2.26. The molecule has 3 rings (SSSR count). The van der Waals surface area contributed by atoms with Gasteiger partial charge in [-0.2, -0.15) is 8.78 Å². The third kappa shape index (κ3) is 3.75. The van der Waals surface area contributed by atoms with Crippen LogP contribution in [0.2, 0.25) is 0 Å². The van der Waals surface area contributed by atoms with Crippen molar-refractivity contribution in [3.8, 4) is 5.75 Å². The molecule has 0 fully saturated rings. The van der Waals surface area contributed by atoms with Gasteiger partial charge >= 0.3 is 6.61 Å². The molecule has 3 aromatic rings. The molecule has 0 spiro atoms. The first-order valence-corrected chi connectivity index (χ1v) is 6.90. The fourth-order valence-electron chi connectivity index (χ4n) is 1.98. The highest BCUT2D eigenvalue weighted by molar-refractivity contribution is 5.91. The van der Waals surface area contributed by atoms with E-state index in [1.807, 2.05) is 6.07 Å². The monoisotopic (exact) mass is 334 g/mol. The molecule has 1 aromatic heterocycles. The highest BCUT2D eigenvalue weighted by atomic mass is 19.3. The first-order chi connectivity index (χ1) is 11.6. The maximum atomic E-state index is 12.1. The van der Waals surface area contributed by atoms with E-state index in [4.69, 9.17) is 4.84 Å². The molecule has 7 nitrogen and oxygen atoms in total. The minimum absolute atomic E-state index is 0.00772. The Morgan fingerprint density at radius 1 is 1.17 bits per heavy atom. The van der Waals surface area contributed by atoms with Gasteiger partial charge in [-0.1, -0.05) is 17.0 Å². The Labute approximate surface area is 134 Å². The second-order valence-corrected chi connectivity index (χ2v) is 4.68. The van der Waals surface area contributed by atoms with Gasteiger partial charge in [-0.15, -0.1) is 5.10 Å². The van der Waals surface area contributed by atoms with Crippen molar-refractivity contribution in [3.05, 3.63) is 48.5 Å². The number of carbonyl (C=O) groups is 1. The minimum Gasteiger partial charge on any atom is -0.435 e. The van der Waals surface area contributed by atoms with Crippen molar-refractivity contribution < 1.29 is 23.1 Å². The number of hydrogen-bond acceptors (Lipinski definition) is 5. The van der Waals surface area contributed by atoms with Gasteiger partial charge in [-0.05, 0) is 41.6 Å². The standard InChI is InChI=1S/C15H12F2N4O3/c16-15(17)24-11-7-5-10(6-8-11)18-14(22)9-23-21-13-4-2-1-3-12(13)19-20-21/h1-8,15H,9H2,(H,18,22). The molecule has 0 aliphatic rings. The number of rotatable bonds is 6. The number of carbonyl (C=O) groups excluding carboxylic acids is 1. The summed E-state index contributed by atoms with van der Waals surface area (Å²) in [5.74, 6) is -0.426. The van der Waals surface area contributed by atoms with E-state index in [1.165, 1.54) is 24.3 Å². The summed E-state index contributed by atoms with van der Waals surface area (Å²) in [7, 11) is 0. The van der Waals surface area contributed by atoms with Crippen LogP contribution in [0.15, 0.2) is 48.5 Å². The molecule has 0 aliphatic carbocycles. The second kappa shape index (κ2) is 6.90. The number of nitrogens with one attached hydrogen (secondary N) is 1. The van der Waals surface area contributed by atoms with Crippen molar-refractivity contribution in [2.75, 3.05) is 11.9 Å². The van der Waals surface area contributed by atoms with E-state index in [0.29, 0.717) is 16.7 Å². The molecule has 0 aliphatic heterocycles. The van der Waals surface area contributed by atoms with Crippen molar-refractivity contribution in [1.29, 1.82) is 0 Å². The number of para-hydroxylation sites is 1. The molecule has 0 atom stereocenters. The quantitative estimate of drug-likeness (QED) is 0.747. The van der Waals surface area contributed by atoms with Crippen LogP contribution in [0.1, 0.15) is 0 Å². The fourth-order valence-corrected chi connectivity index (χ4v) is 1.98. The van der Waals surface area contributed by atoms with E-state index in [2.05, 4.69) is 20.4 Å². The Kier molecular flexibility index (Phi) is 4.50. The summed E-state index contributed by atoms with van der Waals surface area (Å²) in [6, 6.07) is 12.7. The molecular formula is C15H12F2N4O3. The Bertz CT molecular complexity index is 836. The van der Waals surface area contributed by atoms with E-state index in [0.717, 1.165) is 4.85 Å². The van der Waals surface area contributed by atoms with Gasteiger partial charge in [-0.3, -0.25) is 4.79 Å². The van der Waals surface area contributed by atoms with Gasteiger partial charge < -0.3 is 14.9 Å². The van der Waals surface area contributed by atoms with Crippen LogP contribution in [-0.4, -0.2) is 34.3 Å². The summed E-state index contributed by atoms with van der Waals surface area (Å²) in [5, 5.41) is 10.2. The Morgan fingerprint density at radius 2 is 1.92 bits per heavy atom. The van der Waals surface area contributed by atoms with E-state index < -0.39 is 12.5 Å². The first-order valence-electron chi connectivity index (χ1n) is 6.90. The summed E-state index contributed by atoms with van der Waals surface area (Å²) >= 11 is 0. The van der Waals surface area contributed by atoms with E-state index in [9.17, 15) is 13.6 Å². The smallest absolute Gasteiger partial charge is 0.387 e. The number of fused-ring (bicyclic) bond motifs is 1. The number of benzene rings is 2. The minimum atomic E-state index is -2.89. The normalized spacial score (nSPS) is 10.8. The zero-order valence-electron chi connectivity index (χ0n) is 12.2. The Morgan fingerprint density at radius 3 is 2.67 bits per heavy atom.